The van der Waals surface area contributed by atoms with E-state index >= 15 is 0 Å². The minimum Gasteiger partial charge on any atom is -0.392 e. The van der Waals surface area contributed by atoms with Crippen molar-refractivity contribution in [1.29, 1.82) is 0 Å². The Morgan fingerprint density at radius 2 is 2.04 bits per heavy atom. The first-order valence-corrected chi connectivity index (χ1v) is 10.9. The lowest BCUT2D eigenvalue weighted by Crippen LogP contribution is -2.44. The van der Waals surface area contributed by atoms with Gasteiger partial charge in [-0.3, -0.25) is 4.79 Å². The average molecular weight is 369 g/mol. The maximum Gasteiger partial charge on any atom is 0.156 e. The number of hydrogen-bond donors (Lipinski definition) is 2. The van der Waals surface area contributed by atoms with Gasteiger partial charge in [0.15, 0.2) is 5.78 Å². The molecule has 0 amide bonds. The first kappa shape index (κ1) is 17.9. The van der Waals surface area contributed by atoms with Crippen molar-refractivity contribution in [2.24, 2.45) is 28.6 Å². The summed E-state index contributed by atoms with van der Waals surface area (Å²) in [7, 11) is 0. The summed E-state index contributed by atoms with van der Waals surface area (Å²) in [6.07, 6.45) is 15.3. The van der Waals surface area contributed by atoms with Crippen LogP contribution in [0.15, 0.2) is 34.9 Å². The summed E-state index contributed by atoms with van der Waals surface area (Å²) in [6.45, 7) is 2.53. The van der Waals surface area contributed by atoms with Crippen LogP contribution in [0.4, 0.5) is 0 Å². The zero-order valence-corrected chi connectivity index (χ0v) is 16.4. The first-order valence-electron chi connectivity index (χ1n) is 10.9. The van der Waals surface area contributed by atoms with Crippen LogP contribution in [0.3, 0.4) is 0 Å². The number of rotatable bonds is 3. The van der Waals surface area contributed by atoms with E-state index in [0.29, 0.717) is 23.7 Å². The monoisotopic (exact) mass is 368 g/mol. The minimum absolute atomic E-state index is 0.0378. The molecule has 3 fully saturated rings. The third kappa shape index (κ3) is 2.57. The molecule has 5 aliphatic carbocycles. The molecule has 5 rings (SSSR count). The van der Waals surface area contributed by atoms with E-state index in [1.54, 1.807) is 5.57 Å². The second-order valence-corrected chi connectivity index (χ2v) is 10.0. The molecule has 0 heterocycles. The highest BCUT2D eigenvalue weighted by Crippen LogP contribution is 2.69. The highest BCUT2D eigenvalue weighted by molar-refractivity contribution is 5.93. The van der Waals surface area contributed by atoms with Gasteiger partial charge >= 0.3 is 0 Å². The average Bonchev–Trinajstić information content (AvgIpc) is 3.13. The molecule has 5 aliphatic rings. The fraction of sp³-hybridized carbons (Fsp3) is 0.708. The Bertz CT molecular complexity index is 760. The van der Waals surface area contributed by atoms with E-state index in [9.17, 15) is 15.0 Å². The van der Waals surface area contributed by atoms with Crippen LogP contribution in [0.25, 0.3) is 0 Å². The molecule has 0 radical (unpaired) electrons. The second-order valence-electron chi connectivity index (χ2n) is 10.0. The van der Waals surface area contributed by atoms with Crippen molar-refractivity contribution in [3.05, 3.63) is 34.9 Å². The van der Waals surface area contributed by atoms with Crippen LogP contribution in [-0.4, -0.2) is 28.7 Å². The van der Waals surface area contributed by atoms with Crippen molar-refractivity contribution in [2.75, 3.05) is 6.61 Å². The Morgan fingerprint density at radius 1 is 1.22 bits per heavy atom. The van der Waals surface area contributed by atoms with Crippen LogP contribution in [-0.2, 0) is 4.79 Å². The summed E-state index contributed by atoms with van der Waals surface area (Å²) in [4.78, 5) is 12.0. The van der Waals surface area contributed by atoms with Gasteiger partial charge in [-0.05, 0) is 85.3 Å². The number of aliphatic hydroxyl groups is 2. The summed E-state index contributed by atoms with van der Waals surface area (Å²) < 4.78 is 0. The van der Waals surface area contributed by atoms with Crippen molar-refractivity contribution in [1.82, 2.24) is 0 Å². The van der Waals surface area contributed by atoms with E-state index < -0.39 is 0 Å². The highest BCUT2D eigenvalue weighted by Gasteiger charge is 2.63. The molecule has 0 saturated heterocycles. The van der Waals surface area contributed by atoms with E-state index in [1.165, 1.54) is 36.8 Å². The molecule has 0 aromatic carbocycles. The molecule has 0 aromatic heterocycles. The molecule has 0 spiro atoms. The van der Waals surface area contributed by atoms with Crippen LogP contribution in [0.5, 0.6) is 0 Å². The van der Waals surface area contributed by atoms with Gasteiger partial charge in [0, 0.05) is 11.8 Å². The number of allylic oxidation sites excluding steroid dienone is 4. The number of carbonyl (C=O) groups is 1. The summed E-state index contributed by atoms with van der Waals surface area (Å²) in [5.41, 5.74) is 4.56. The summed E-state index contributed by atoms with van der Waals surface area (Å²) in [5, 5.41) is 20.0. The maximum absolute atomic E-state index is 12.0. The normalized spacial score (nSPS) is 46.2. The first-order chi connectivity index (χ1) is 13.0. The lowest BCUT2D eigenvalue weighted by Gasteiger charge is -2.53. The summed E-state index contributed by atoms with van der Waals surface area (Å²) in [5.74, 6) is 2.05. The van der Waals surface area contributed by atoms with Gasteiger partial charge in [-0.15, -0.1) is 0 Å². The van der Waals surface area contributed by atoms with E-state index in [0.717, 1.165) is 31.6 Å². The molecule has 0 aliphatic heterocycles. The SMILES string of the molecule is C[C@@]12CCC[C@H]1[C@@H]1CCC3=CC(=O)CCC3=C1[C@@H](C1(C=CCO)CC1O)C2. The van der Waals surface area contributed by atoms with Gasteiger partial charge < -0.3 is 10.2 Å². The number of ketones is 1. The lowest BCUT2D eigenvalue weighted by atomic mass is 9.52. The molecule has 0 aromatic rings. The summed E-state index contributed by atoms with van der Waals surface area (Å²) >= 11 is 0. The minimum atomic E-state index is -0.291. The van der Waals surface area contributed by atoms with Crippen molar-refractivity contribution >= 4 is 5.78 Å². The van der Waals surface area contributed by atoms with Gasteiger partial charge in [-0.25, -0.2) is 0 Å². The van der Waals surface area contributed by atoms with Crippen LogP contribution in [0.2, 0.25) is 0 Å². The van der Waals surface area contributed by atoms with Gasteiger partial charge in [0.2, 0.25) is 0 Å². The van der Waals surface area contributed by atoms with Crippen LogP contribution >= 0.6 is 0 Å². The molecular weight excluding hydrogens is 336 g/mol. The zero-order valence-electron chi connectivity index (χ0n) is 16.4. The van der Waals surface area contributed by atoms with E-state index in [4.69, 9.17) is 0 Å². The Kier molecular flexibility index (Phi) is 4.07. The topological polar surface area (TPSA) is 57.5 Å². The Hall–Kier alpha value is -1.19. The van der Waals surface area contributed by atoms with Gasteiger partial charge in [0.05, 0.1) is 12.7 Å². The van der Waals surface area contributed by atoms with Gasteiger partial charge in [0.25, 0.3) is 0 Å². The fourth-order valence-corrected chi connectivity index (χ4v) is 7.37. The van der Waals surface area contributed by atoms with Crippen LogP contribution < -0.4 is 0 Å². The molecule has 3 saturated carbocycles. The van der Waals surface area contributed by atoms with Crippen molar-refractivity contribution in [3.8, 4) is 0 Å². The Balaban J connectivity index is 1.65. The van der Waals surface area contributed by atoms with Gasteiger partial charge in [0.1, 0.15) is 0 Å². The van der Waals surface area contributed by atoms with Crippen LogP contribution in [0, 0.1) is 28.6 Å². The largest absolute Gasteiger partial charge is 0.392 e. The van der Waals surface area contributed by atoms with E-state index in [-0.39, 0.29) is 23.9 Å². The Morgan fingerprint density at radius 3 is 2.78 bits per heavy atom. The van der Waals surface area contributed by atoms with Crippen molar-refractivity contribution in [2.45, 2.75) is 70.8 Å². The van der Waals surface area contributed by atoms with Gasteiger partial charge in [-0.2, -0.15) is 0 Å². The van der Waals surface area contributed by atoms with Crippen molar-refractivity contribution < 1.29 is 15.0 Å². The predicted molar refractivity (Wildman–Crippen MR) is 105 cm³/mol. The third-order valence-corrected chi connectivity index (χ3v) is 8.70. The second kappa shape index (κ2) is 6.15. The molecule has 6 atom stereocenters. The Labute approximate surface area is 162 Å². The lowest BCUT2D eigenvalue weighted by molar-refractivity contribution is -0.114. The summed E-state index contributed by atoms with van der Waals surface area (Å²) in [6, 6.07) is 0. The number of aliphatic hydroxyl groups excluding tert-OH is 2. The molecular formula is C24H32O3. The number of fused-ring (bicyclic) bond motifs is 4. The van der Waals surface area contributed by atoms with Gasteiger partial charge in [-0.1, -0.05) is 31.1 Å². The molecule has 3 heteroatoms. The molecule has 0 bridgehead atoms. The quantitative estimate of drug-likeness (QED) is 0.737. The molecule has 3 nitrogen and oxygen atoms in total. The number of carbonyl (C=O) groups excluding carboxylic acids is 1. The standard InChI is InChI=1S/C24H32O3/c1-23-9-2-4-19(23)18-7-5-15-12-16(26)6-8-17(15)22(18)20(13-23)24(10-3-11-25)14-21(24)27/h3,10,12,18-21,25,27H,2,4-9,11,13-14H2,1H3/t18-,19-,20-,21?,23-,24?/m0/s1. The molecule has 27 heavy (non-hydrogen) atoms. The third-order valence-electron chi connectivity index (χ3n) is 8.70. The predicted octanol–water partition coefficient (Wildman–Crippen LogP) is 4.11. The molecule has 2 N–H and O–H groups in total. The van der Waals surface area contributed by atoms with Crippen molar-refractivity contribution in [3.63, 3.8) is 0 Å². The number of hydrogen-bond acceptors (Lipinski definition) is 3. The fourth-order valence-electron chi connectivity index (χ4n) is 7.37. The van der Waals surface area contributed by atoms with E-state index in [1.807, 2.05) is 12.2 Å². The molecule has 146 valence electrons. The van der Waals surface area contributed by atoms with E-state index in [2.05, 4.69) is 13.0 Å². The molecule has 2 unspecified atom stereocenters. The zero-order chi connectivity index (χ0) is 18.8. The van der Waals surface area contributed by atoms with Crippen LogP contribution in [0.1, 0.15) is 64.7 Å². The smallest absolute Gasteiger partial charge is 0.156 e. The highest BCUT2D eigenvalue weighted by atomic mass is 16.3. The maximum atomic E-state index is 12.0.